The van der Waals surface area contributed by atoms with E-state index in [0.717, 1.165) is 6.61 Å². The molecule has 0 radical (unpaired) electrons. The number of hydrogen-bond acceptors (Lipinski definition) is 1. The third kappa shape index (κ3) is 3.71. The van der Waals surface area contributed by atoms with Gasteiger partial charge in [0.25, 0.3) is 0 Å². The smallest absolute Gasteiger partial charge is 0.0686 e. The Hall–Kier alpha value is -0.560. The Morgan fingerprint density at radius 1 is 1.17 bits per heavy atom. The van der Waals surface area contributed by atoms with Crippen molar-refractivity contribution in [2.24, 2.45) is 5.41 Å². The highest BCUT2D eigenvalue weighted by Crippen LogP contribution is 2.34. The van der Waals surface area contributed by atoms with Crippen molar-refractivity contribution in [1.82, 2.24) is 0 Å². The molecule has 2 aliphatic carbocycles. The fraction of sp³-hybridized carbons (Fsp3) is 0.765. The summed E-state index contributed by atoms with van der Waals surface area (Å²) in [6, 6.07) is 0. The van der Waals surface area contributed by atoms with Crippen LogP contribution in [0.3, 0.4) is 0 Å². The molecule has 0 aromatic carbocycles. The molecule has 0 bridgehead atoms. The molecule has 0 saturated heterocycles. The summed E-state index contributed by atoms with van der Waals surface area (Å²) in [7, 11) is 0. The Morgan fingerprint density at radius 3 is 2.56 bits per heavy atom. The molecule has 0 unspecified atom stereocenters. The van der Waals surface area contributed by atoms with Crippen molar-refractivity contribution in [2.45, 2.75) is 71.8 Å². The van der Waals surface area contributed by atoms with Crippen LogP contribution in [-0.2, 0) is 4.74 Å². The lowest BCUT2D eigenvalue weighted by atomic mass is 9.80. The maximum Gasteiger partial charge on any atom is 0.0686 e. The highest BCUT2D eigenvalue weighted by atomic mass is 16.5. The zero-order valence-electron chi connectivity index (χ0n) is 12.3. The Bertz CT molecular complexity index is 324. The minimum atomic E-state index is 0.252. The Labute approximate surface area is 112 Å². The van der Waals surface area contributed by atoms with E-state index in [9.17, 15) is 0 Å². The lowest BCUT2D eigenvalue weighted by Gasteiger charge is -2.29. The molecule has 102 valence electrons. The fourth-order valence-corrected chi connectivity index (χ4v) is 3.09. The zero-order chi connectivity index (χ0) is 13.0. The van der Waals surface area contributed by atoms with E-state index in [2.05, 4.69) is 32.9 Å². The van der Waals surface area contributed by atoms with E-state index < -0.39 is 0 Å². The summed E-state index contributed by atoms with van der Waals surface area (Å²) in [5.74, 6) is 0. The van der Waals surface area contributed by atoms with E-state index in [1.165, 1.54) is 56.1 Å². The quantitative estimate of drug-likeness (QED) is 0.680. The molecule has 1 nitrogen and oxygen atoms in total. The first-order valence-corrected chi connectivity index (χ1v) is 7.58. The van der Waals surface area contributed by atoms with E-state index >= 15 is 0 Å². The molecule has 0 spiro atoms. The summed E-state index contributed by atoms with van der Waals surface area (Å²) >= 11 is 0. The number of rotatable bonds is 3. The minimum Gasteiger partial charge on any atom is -0.374 e. The van der Waals surface area contributed by atoms with Gasteiger partial charge in [0, 0.05) is 0 Å². The number of allylic oxidation sites excluding steroid dienone is 3. The average Bonchev–Trinajstić information content (AvgIpc) is 2.37. The standard InChI is InChI=1S/C17H28O/c1-17(2,3)16-12-8-7-9-14(16)13-18-15-10-5-4-6-11-15/h8,12,15H,4-7,9-11,13H2,1-3H3. The molecule has 1 heteroatoms. The van der Waals surface area contributed by atoms with Gasteiger partial charge < -0.3 is 4.74 Å². The summed E-state index contributed by atoms with van der Waals surface area (Å²) in [5, 5.41) is 0. The minimum absolute atomic E-state index is 0.252. The predicted molar refractivity (Wildman–Crippen MR) is 77.7 cm³/mol. The van der Waals surface area contributed by atoms with Gasteiger partial charge >= 0.3 is 0 Å². The number of hydrogen-bond donors (Lipinski definition) is 0. The first-order chi connectivity index (χ1) is 8.57. The van der Waals surface area contributed by atoms with E-state index in [4.69, 9.17) is 4.74 Å². The largest absolute Gasteiger partial charge is 0.374 e. The molecule has 0 atom stereocenters. The van der Waals surface area contributed by atoms with Gasteiger partial charge in [0.15, 0.2) is 0 Å². The molecule has 2 rings (SSSR count). The topological polar surface area (TPSA) is 9.23 Å². The van der Waals surface area contributed by atoms with Gasteiger partial charge in [0.05, 0.1) is 12.7 Å². The molecule has 0 aromatic heterocycles. The monoisotopic (exact) mass is 248 g/mol. The molecule has 0 heterocycles. The summed E-state index contributed by atoms with van der Waals surface area (Å²) < 4.78 is 6.16. The van der Waals surface area contributed by atoms with Crippen LogP contribution >= 0.6 is 0 Å². The summed E-state index contributed by atoms with van der Waals surface area (Å²) in [4.78, 5) is 0. The van der Waals surface area contributed by atoms with Gasteiger partial charge in [-0.05, 0) is 42.2 Å². The van der Waals surface area contributed by atoms with Gasteiger partial charge in [-0.1, -0.05) is 52.2 Å². The van der Waals surface area contributed by atoms with Crippen molar-refractivity contribution in [3.05, 3.63) is 23.3 Å². The van der Waals surface area contributed by atoms with Crippen LogP contribution in [0.1, 0.15) is 65.7 Å². The SMILES string of the molecule is CC(C)(C)C1=C(COC2CCCCC2)CCC=C1. The molecule has 0 N–H and O–H groups in total. The Balaban J connectivity index is 1.96. The predicted octanol–water partition coefficient (Wildman–Crippen LogP) is 5.03. The summed E-state index contributed by atoms with van der Waals surface area (Å²) in [6.07, 6.45) is 14.2. The van der Waals surface area contributed by atoms with Crippen LogP contribution in [0.4, 0.5) is 0 Å². The first-order valence-electron chi connectivity index (χ1n) is 7.58. The van der Waals surface area contributed by atoms with Crippen LogP contribution in [0, 0.1) is 5.41 Å². The highest BCUT2D eigenvalue weighted by Gasteiger charge is 2.22. The molecule has 0 aliphatic heterocycles. The molecule has 0 amide bonds. The second-order valence-corrected chi connectivity index (χ2v) is 6.78. The lowest BCUT2D eigenvalue weighted by molar-refractivity contribution is 0.0408. The van der Waals surface area contributed by atoms with Crippen LogP contribution in [0.15, 0.2) is 23.3 Å². The van der Waals surface area contributed by atoms with Crippen molar-refractivity contribution < 1.29 is 4.74 Å². The third-order valence-electron chi connectivity index (χ3n) is 4.13. The van der Waals surface area contributed by atoms with Gasteiger partial charge in [-0.25, -0.2) is 0 Å². The van der Waals surface area contributed by atoms with E-state index in [1.54, 1.807) is 0 Å². The Morgan fingerprint density at radius 2 is 1.89 bits per heavy atom. The highest BCUT2D eigenvalue weighted by molar-refractivity contribution is 5.34. The molecular weight excluding hydrogens is 220 g/mol. The van der Waals surface area contributed by atoms with E-state index in [-0.39, 0.29) is 5.41 Å². The maximum absolute atomic E-state index is 6.16. The van der Waals surface area contributed by atoms with Crippen LogP contribution in [0.25, 0.3) is 0 Å². The Kier molecular flexibility index (Phi) is 4.66. The van der Waals surface area contributed by atoms with Crippen molar-refractivity contribution in [1.29, 1.82) is 0 Å². The van der Waals surface area contributed by atoms with E-state index in [0.29, 0.717) is 6.10 Å². The van der Waals surface area contributed by atoms with Gasteiger partial charge in [-0.2, -0.15) is 0 Å². The lowest BCUT2D eigenvalue weighted by Crippen LogP contribution is -2.20. The van der Waals surface area contributed by atoms with Crippen LogP contribution in [-0.4, -0.2) is 12.7 Å². The van der Waals surface area contributed by atoms with Crippen LogP contribution in [0.5, 0.6) is 0 Å². The van der Waals surface area contributed by atoms with Crippen molar-refractivity contribution in [3.8, 4) is 0 Å². The number of ether oxygens (including phenoxy) is 1. The van der Waals surface area contributed by atoms with Gasteiger partial charge in [0.1, 0.15) is 0 Å². The van der Waals surface area contributed by atoms with Crippen molar-refractivity contribution >= 4 is 0 Å². The van der Waals surface area contributed by atoms with Crippen LogP contribution < -0.4 is 0 Å². The second-order valence-electron chi connectivity index (χ2n) is 6.78. The molecule has 0 aromatic rings. The second kappa shape index (κ2) is 6.06. The normalized spacial score (nSPS) is 22.6. The van der Waals surface area contributed by atoms with Gasteiger partial charge in [0.2, 0.25) is 0 Å². The molecule has 1 saturated carbocycles. The molecular formula is C17H28O. The molecule has 1 fully saturated rings. The zero-order valence-corrected chi connectivity index (χ0v) is 12.3. The molecule has 2 aliphatic rings. The third-order valence-corrected chi connectivity index (χ3v) is 4.13. The molecule has 18 heavy (non-hydrogen) atoms. The van der Waals surface area contributed by atoms with Gasteiger partial charge in [-0.3, -0.25) is 0 Å². The van der Waals surface area contributed by atoms with E-state index in [1.807, 2.05) is 0 Å². The summed E-state index contributed by atoms with van der Waals surface area (Å²) in [5.41, 5.74) is 3.29. The maximum atomic E-state index is 6.16. The summed E-state index contributed by atoms with van der Waals surface area (Å²) in [6.45, 7) is 7.78. The van der Waals surface area contributed by atoms with Crippen molar-refractivity contribution in [3.63, 3.8) is 0 Å². The van der Waals surface area contributed by atoms with Crippen molar-refractivity contribution in [2.75, 3.05) is 6.61 Å². The first kappa shape index (κ1) is 13.9. The van der Waals surface area contributed by atoms with Gasteiger partial charge in [-0.15, -0.1) is 0 Å². The average molecular weight is 248 g/mol. The van der Waals surface area contributed by atoms with Crippen LogP contribution in [0.2, 0.25) is 0 Å². The fourth-order valence-electron chi connectivity index (χ4n) is 3.09.